The van der Waals surface area contributed by atoms with Gasteiger partial charge in [-0.3, -0.25) is 5.41 Å². The summed E-state index contributed by atoms with van der Waals surface area (Å²) in [6.45, 7) is 0. The van der Waals surface area contributed by atoms with E-state index in [0.29, 0.717) is 17.3 Å². The molecule has 5 nitrogen and oxygen atoms in total. The number of hydrogen-bond acceptors (Lipinski definition) is 5. The van der Waals surface area contributed by atoms with Crippen molar-refractivity contribution in [3.63, 3.8) is 0 Å². The molecular weight excluding hydrogens is 308 g/mol. The van der Waals surface area contributed by atoms with Crippen molar-refractivity contribution in [3.8, 4) is 11.5 Å². The molecule has 21 heavy (non-hydrogen) atoms. The van der Waals surface area contributed by atoms with E-state index in [9.17, 15) is 8.42 Å². The molecule has 7 heteroatoms. The predicted octanol–water partition coefficient (Wildman–Crippen LogP) is 2.75. The van der Waals surface area contributed by atoms with Crippen molar-refractivity contribution in [2.45, 2.75) is 15.5 Å². The molecule has 2 aromatic rings. The normalized spacial score (nSPS) is 14.7. The topological polar surface area (TPSA) is 93.2 Å². The summed E-state index contributed by atoms with van der Waals surface area (Å²) in [5.74, 6) is 1.11. The van der Waals surface area contributed by atoms with Gasteiger partial charge in [-0.2, -0.15) is 0 Å². The van der Waals surface area contributed by atoms with Crippen molar-refractivity contribution >= 4 is 26.8 Å². The Morgan fingerprint density at radius 3 is 2.62 bits per heavy atom. The van der Waals surface area contributed by atoms with Gasteiger partial charge in [0.1, 0.15) is 21.3 Å². The fourth-order valence-electron chi connectivity index (χ4n) is 2.09. The second kappa shape index (κ2) is 5.09. The van der Waals surface area contributed by atoms with Gasteiger partial charge in [0.2, 0.25) is 9.84 Å². The molecule has 0 fully saturated rings. The lowest BCUT2D eigenvalue weighted by Crippen LogP contribution is -2.11. The number of para-hydroxylation sites is 1. The molecule has 1 heterocycles. The third kappa shape index (κ3) is 2.50. The summed E-state index contributed by atoms with van der Waals surface area (Å²) >= 11 is 1.15. The van der Waals surface area contributed by atoms with Crippen LogP contribution in [-0.4, -0.2) is 13.6 Å². The standard InChI is InChI=1S/C14H12N2O3S2/c15-14(16)20-8-9-5-6-11-13(7-9)21(17,18)12-4-2-1-3-10(12)19-11/h1-7H,8H2,(H3,15,16). The van der Waals surface area contributed by atoms with Gasteiger partial charge in [-0.25, -0.2) is 8.42 Å². The molecule has 0 unspecified atom stereocenters. The second-order valence-corrected chi connectivity index (χ2v) is 7.39. The Bertz CT molecular complexity index is 832. The summed E-state index contributed by atoms with van der Waals surface area (Å²) in [4.78, 5) is 0.330. The fourth-order valence-corrected chi connectivity index (χ4v) is 4.14. The Kier molecular flexibility index (Phi) is 3.38. The van der Waals surface area contributed by atoms with Crippen LogP contribution in [0.4, 0.5) is 0 Å². The van der Waals surface area contributed by atoms with E-state index in [1.807, 2.05) is 0 Å². The summed E-state index contributed by atoms with van der Waals surface area (Å²) in [5, 5.41) is 7.20. The predicted molar refractivity (Wildman–Crippen MR) is 81.6 cm³/mol. The van der Waals surface area contributed by atoms with Crippen LogP contribution in [0.15, 0.2) is 52.3 Å². The average Bonchev–Trinajstić information content (AvgIpc) is 2.45. The molecule has 3 N–H and O–H groups in total. The highest BCUT2D eigenvalue weighted by Gasteiger charge is 2.31. The van der Waals surface area contributed by atoms with Gasteiger partial charge < -0.3 is 10.5 Å². The molecule has 0 saturated heterocycles. The first-order valence-electron chi connectivity index (χ1n) is 6.10. The monoisotopic (exact) mass is 320 g/mol. The maximum absolute atomic E-state index is 12.6. The molecule has 0 spiro atoms. The number of nitrogens with two attached hydrogens (primary N) is 1. The Balaban J connectivity index is 2.06. The molecule has 0 amide bonds. The van der Waals surface area contributed by atoms with Gasteiger partial charge in [-0.1, -0.05) is 30.0 Å². The summed E-state index contributed by atoms with van der Waals surface area (Å²) in [6.07, 6.45) is 0. The van der Waals surface area contributed by atoms with Crippen molar-refractivity contribution in [1.82, 2.24) is 0 Å². The maximum Gasteiger partial charge on any atom is 0.213 e. The zero-order valence-electron chi connectivity index (χ0n) is 10.9. The van der Waals surface area contributed by atoms with E-state index in [1.165, 1.54) is 6.07 Å². The lowest BCUT2D eigenvalue weighted by atomic mass is 10.2. The quantitative estimate of drug-likeness (QED) is 0.559. The van der Waals surface area contributed by atoms with Gasteiger partial charge in [-0.15, -0.1) is 0 Å². The number of sulfone groups is 1. The van der Waals surface area contributed by atoms with Crippen LogP contribution in [0.25, 0.3) is 0 Å². The number of benzene rings is 2. The van der Waals surface area contributed by atoms with Crippen molar-refractivity contribution < 1.29 is 13.2 Å². The molecule has 0 saturated carbocycles. The van der Waals surface area contributed by atoms with Crippen LogP contribution >= 0.6 is 11.8 Å². The lowest BCUT2D eigenvalue weighted by Gasteiger charge is -2.20. The van der Waals surface area contributed by atoms with E-state index in [0.717, 1.165) is 17.3 Å². The molecule has 2 aromatic carbocycles. The van der Waals surface area contributed by atoms with Crippen LogP contribution in [0, 0.1) is 5.41 Å². The number of fused-ring (bicyclic) bond motifs is 2. The molecule has 3 rings (SSSR count). The molecule has 0 radical (unpaired) electrons. The summed E-state index contributed by atoms with van der Waals surface area (Å²) in [7, 11) is -3.58. The van der Waals surface area contributed by atoms with Crippen LogP contribution in [0.3, 0.4) is 0 Å². The summed E-state index contributed by atoms with van der Waals surface area (Å²) in [5.41, 5.74) is 6.08. The maximum atomic E-state index is 12.6. The number of rotatable bonds is 2. The molecule has 0 bridgehead atoms. The van der Waals surface area contributed by atoms with Gasteiger partial charge in [0, 0.05) is 5.75 Å². The van der Waals surface area contributed by atoms with E-state index in [-0.39, 0.29) is 15.0 Å². The van der Waals surface area contributed by atoms with Crippen molar-refractivity contribution in [3.05, 3.63) is 48.0 Å². The van der Waals surface area contributed by atoms with Gasteiger partial charge in [0.15, 0.2) is 5.17 Å². The van der Waals surface area contributed by atoms with E-state index < -0.39 is 9.84 Å². The van der Waals surface area contributed by atoms with Crippen LogP contribution in [0.2, 0.25) is 0 Å². The number of ether oxygens (including phenoxy) is 1. The highest BCUT2D eigenvalue weighted by atomic mass is 32.2. The van der Waals surface area contributed by atoms with Gasteiger partial charge >= 0.3 is 0 Å². The highest BCUT2D eigenvalue weighted by Crippen LogP contribution is 2.42. The number of nitrogens with one attached hydrogen (secondary N) is 1. The first-order chi connectivity index (χ1) is 9.98. The number of hydrogen-bond donors (Lipinski definition) is 2. The third-order valence-corrected chi connectivity index (χ3v) is 5.65. The van der Waals surface area contributed by atoms with Gasteiger partial charge in [0.05, 0.1) is 0 Å². The Morgan fingerprint density at radius 2 is 1.86 bits per heavy atom. The van der Waals surface area contributed by atoms with Crippen LogP contribution < -0.4 is 10.5 Å². The zero-order valence-corrected chi connectivity index (χ0v) is 12.5. The SMILES string of the molecule is N=C(N)SCc1ccc2c(c1)S(=O)(=O)c1ccccc1O2. The molecule has 108 valence electrons. The second-order valence-electron chi connectivity index (χ2n) is 4.49. The van der Waals surface area contributed by atoms with Gasteiger partial charge in [0.25, 0.3) is 0 Å². The first kappa shape index (κ1) is 14.0. The average molecular weight is 320 g/mol. The number of thioether (sulfide) groups is 1. The fraction of sp³-hybridized carbons (Fsp3) is 0.0714. The smallest absolute Gasteiger partial charge is 0.213 e. The Hall–Kier alpha value is -1.99. The lowest BCUT2D eigenvalue weighted by molar-refractivity contribution is 0.442. The molecule has 0 atom stereocenters. The minimum Gasteiger partial charge on any atom is -0.455 e. The van der Waals surface area contributed by atoms with Crippen molar-refractivity contribution in [1.29, 1.82) is 5.41 Å². The van der Waals surface area contributed by atoms with Crippen LogP contribution in [-0.2, 0) is 15.6 Å². The van der Waals surface area contributed by atoms with E-state index >= 15 is 0 Å². The molecule has 0 aromatic heterocycles. The first-order valence-corrected chi connectivity index (χ1v) is 8.57. The van der Waals surface area contributed by atoms with Crippen molar-refractivity contribution in [2.75, 3.05) is 0 Å². The molecule has 1 aliphatic heterocycles. The summed E-state index contributed by atoms with van der Waals surface area (Å²) < 4.78 is 30.9. The van der Waals surface area contributed by atoms with Crippen LogP contribution in [0.1, 0.15) is 5.56 Å². The zero-order chi connectivity index (χ0) is 15.0. The van der Waals surface area contributed by atoms with E-state index in [2.05, 4.69) is 0 Å². The van der Waals surface area contributed by atoms with Gasteiger partial charge in [-0.05, 0) is 29.8 Å². The number of amidine groups is 1. The van der Waals surface area contributed by atoms with E-state index in [1.54, 1.807) is 36.4 Å². The Labute approximate surface area is 126 Å². The molecule has 1 aliphatic rings. The largest absolute Gasteiger partial charge is 0.455 e. The van der Waals surface area contributed by atoms with Crippen LogP contribution in [0.5, 0.6) is 11.5 Å². The highest BCUT2D eigenvalue weighted by molar-refractivity contribution is 8.13. The third-order valence-electron chi connectivity index (χ3n) is 3.05. The minimum absolute atomic E-state index is 0.00262. The Morgan fingerprint density at radius 1 is 1.14 bits per heavy atom. The van der Waals surface area contributed by atoms with Crippen molar-refractivity contribution in [2.24, 2.45) is 5.73 Å². The molecular formula is C14H12N2O3S2. The molecule has 0 aliphatic carbocycles. The minimum atomic E-state index is -3.58. The summed E-state index contributed by atoms with van der Waals surface area (Å²) in [6, 6.07) is 11.6. The van der Waals surface area contributed by atoms with E-state index in [4.69, 9.17) is 15.9 Å².